The molecule has 8 heteroatoms. The molecule has 4 aliphatic heterocycles. The van der Waals surface area contributed by atoms with Crippen molar-refractivity contribution >= 4 is 23.3 Å². The molecule has 0 radical (unpaired) electrons. The van der Waals surface area contributed by atoms with Crippen LogP contribution in [0, 0.1) is 11.2 Å². The molecule has 3 saturated heterocycles. The number of likely N-dealkylation sites (tertiary alicyclic amines) is 2. The van der Waals surface area contributed by atoms with Crippen LogP contribution in [0.5, 0.6) is 0 Å². The second-order valence-electron chi connectivity index (χ2n) is 13.7. The van der Waals surface area contributed by atoms with Crippen LogP contribution in [0.4, 0.5) is 4.39 Å². The molecule has 3 atom stereocenters. The van der Waals surface area contributed by atoms with Crippen LogP contribution in [0.15, 0.2) is 48.0 Å². The lowest BCUT2D eigenvalue weighted by Crippen LogP contribution is -2.52. The van der Waals surface area contributed by atoms with Crippen molar-refractivity contribution in [2.45, 2.75) is 83.6 Å². The van der Waals surface area contributed by atoms with E-state index >= 15 is 0 Å². The average molecular weight is 571 g/mol. The summed E-state index contributed by atoms with van der Waals surface area (Å²) in [7, 11) is 0. The molecule has 3 amide bonds. The number of piperidine rings is 1. The first-order valence-corrected chi connectivity index (χ1v) is 15.3. The highest BCUT2D eigenvalue weighted by atomic mass is 19.1. The third-order valence-corrected chi connectivity index (χ3v) is 10.2. The van der Waals surface area contributed by atoms with Gasteiger partial charge >= 0.3 is 0 Å². The fourth-order valence-corrected chi connectivity index (χ4v) is 7.89. The van der Waals surface area contributed by atoms with Crippen molar-refractivity contribution in [3.05, 3.63) is 76.1 Å². The van der Waals surface area contributed by atoms with Crippen molar-refractivity contribution in [3.63, 3.8) is 0 Å². The molecule has 42 heavy (non-hydrogen) atoms. The number of benzene rings is 2. The summed E-state index contributed by atoms with van der Waals surface area (Å²) in [5.74, 6) is -0.950. The van der Waals surface area contributed by atoms with Gasteiger partial charge < -0.3 is 4.90 Å². The lowest BCUT2D eigenvalue weighted by molar-refractivity contribution is -0.136. The van der Waals surface area contributed by atoms with Crippen molar-refractivity contribution < 1.29 is 18.8 Å². The first-order valence-electron chi connectivity index (χ1n) is 15.3. The highest BCUT2D eigenvalue weighted by molar-refractivity contribution is 6.05. The molecule has 0 spiro atoms. The molecule has 2 bridgehead atoms. The maximum absolute atomic E-state index is 13.7. The molecule has 1 aliphatic carbocycles. The van der Waals surface area contributed by atoms with Gasteiger partial charge in [0.15, 0.2) is 0 Å². The summed E-state index contributed by atoms with van der Waals surface area (Å²) < 4.78 is 13.7. The summed E-state index contributed by atoms with van der Waals surface area (Å²) in [5.41, 5.74) is 7.17. The van der Waals surface area contributed by atoms with E-state index in [0.717, 1.165) is 50.1 Å². The minimum absolute atomic E-state index is 0.123. The summed E-state index contributed by atoms with van der Waals surface area (Å²) in [6.07, 6.45) is 5.13. The molecule has 220 valence electrons. The Morgan fingerprint density at radius 1 is 0.952 bits per heavy atom. The number of halogens is 1. The third-order valence-electron chi connectivity index (χ3n) is 10.2. The Morgan fingerprint density at radius 3 is 2.40 bits per heavy atom. The molecule has 7 rings (SSSR count). The van der Waals surface area contributed by atoms with Crippen molar-refractivity contribution in [1.82, 2.24) is 20.0 Å². The Labute approximate surface area is 246 Å². The number of imide groups is 1. The van der Waals surface area contributed by atoms with Crippen molar-refractivity contribution in [2.24, 2.45) is 5.41 Å². The fourth-order valence-electron chi connectivity index (χ4n) is 7.89. The molecule has 2 aromatic carbocycles. The maximum atomic E-state index is 13.7. The van der Waals surface area contributed by atoms with E-state index in [1.54, 1.807) is 17.0 Å². The van der Waals surface area contributed by atoms with E-state index < -0.39 is 6.04 Å². The van der Waals surface area contributed by atoms with Crippen molar-refractivity contribution in [1.29, 1.82) is 0 Å². The quantitative estimate of drug-likeness (QED) is 0.518. The Hall–Kier alpha value is -3.36. The van der Waals surface area contributed by atoms with Crippen molar-refractivity contribution in [2.75, 3.05) is 19.6 Å². The van der Waals surface area contributed by atoms with Gasteiger partial charge in [-0.05, 0) is 78.0 Å². The minimum atomic E-state index is -0.583. The molecule has 2 aromatic rings. The molecule has 0 saturated carbocycles. The van der Waals surface area contributed by atoms with E-state index in [9.17, 15) is 18.8 Å². The average Bonchev–Trinajstić information content (AvgIpc) is 3.62. The van der Waals surface area contributed by atoms with Gasteiger partial charge in [-0.3, -0.25) is 29.5 Å². The van der Waals surface area contributed by atoms with E-state index in [1.165, 1.54) is 29.6 Å². The van der Waals surface area contributed by atoms with Gasteiger partial charge in [0.25, 0.3) is 5.91 Å². The van der Waals surface area contributed by atoms with Gasteiger partial charge in [-0.1, -0.05) is 43.7 Å². The minimum Gasteiger partial charge on any atom is -0.322 e. The van der Waals surface area contributed by atoms with E-state index in [0.29, 0.717) is 30.6 Å². The summed E-state index contributed by atoms with van der Waals surface area (Å²) in [4.78, 5) is 43.9. The standard InChI is InChI=1S/C34H39FN4O3/c1-34(2)12-11-23(29(15-34)22-4-6-25(35)7-5-22)17-38-20-26-14-27(38)19-37(26)16-21-3-8-28-24(13-21)18-39(33(28)42)30-9-10-31(40)36-32(30)41/h3-8,13,26-27,30H,9-12,14-20H2,1-2H3,(H,36,40,41)/t26-,27-,30?/m1/s1. The summed E-state index contributed by atoms with van der Waals surface area (Å²) >= 11 is 0. The van der Waals surface area contributed by atoms with Crippen molar-refractivity contribution in [3.8, 4) is 0 Å². The number of amides is 3. The van der Waals surface area contributed by atoms with Gasteiger partial charge in [0.2, 0.25) is 11.8 Å². The number of nitrogens with one attached hydrogen (secondary N) is 1. The number of fused-ring (bicyclic) bond motifs is 3. The summed E-state index contributed by atoms with van der Waals surface area (Å²) in [6.45, 7) is 9.03. The molecule has 0 aromatic heterocycles. The van der Waals surface area contributed by atoms with Crippen LogP contribution in [-0.4, -0.2) is 70.2 Å². The number of hydrogen-bond acceptors (Lipinski definition) is 5. The van der Waals surface area contributed by atoms with E-state index in [-0.39, 0.29) is 35.4 Å². The summed E-state index contributed by atoms with van der Waals surface area (Å²) in [6, 6.07) is 13.6. The number of carbonyl (C=O) groups is 3. The zero-order chi connectivity index (χ0) is 29.2. The molecule has 3 fully saturated rings. The zero-order valence-electron chi connectivity index (χ0n) is 24.5. The van der Waals surface area contributed by atoms with E-state index in [4.69, 9.17) is 0 Å². The number of allylic oxidation sites excluding steroid dienone is 1. The predicted molar refractivity (Wildman–Crippen MR) is 158 cm³/mol. The van der Waals surface area contributed by atoms with Gasteiger partial charge in [-0.15, -0.1) is 0 Å². The van der Waals surface area contributed by atoms with Gasteiger partial charge in [0.1, 0.15) is 11.9 Å². The number of nitrogens with zero attached hydrogens (tertiary/aromatic N) is 3. The van der Waals surface area contributed by atoms with Crippen LogP contribution in [0.1, 0.15) is 79.4 Å². The fraction of sp³-hybridized carbons (Fsp3) is 0.500. The molecule has 7 nitrogen and oxygen atoms in total. The highest BCUT2D eigenvalue weighted by Crippen LogP contribution is 2.44. The topological polar surface area (TPSA) is 73.0 Å². The number of rotatable bonds is 6. The SMILES string of the molecule is CC1(C)CCC(CN2C[C@H]3C[C@@H]2CN3Cc2ccc3c(c2)CN(C2CCC(=O)NC2=O)C3=O)=C(c2ccc(F)cc2)C1. The van der Waals surface area contributed by atoms with Gasteiger partial charge in [0.05, 0.1) is 0 Å². The normalized spacial score (nSPS) is 27.6. The third kappa shape index (κ3) is 5.09. The van der Waals surface area contributed by atoms with Gasteiger partial charge in [-0.2, -0.15) is 0 Å². The van der Waals surface area contributed by atoms with E-state index in [1.807, 2.05) is 18.2 Å². The molecule has 5 aliphatic rings. The molecular formula is C34H39FN4O3. The van der Waals surface area contributed by atoms with Gasteiger partial charge in [-0.25, -0.2) is 4.39 Å². The number of hydrogen-bond donors (Lipinski definition) is 1. The van der Waals surface area contributed by atoms with E-state index in [2.05, 4.69) is 41.1 Å². The second-order valence-corrected chi connectivity index (χ2v) is 13.7. The molecule has 1 unspecified atom stereocenters. The smallest absolute Gasteiger partial charge is 0.255 e. The zero-order valence-corrected chi connectivity index (χ0v) is 24.5. The molecular weight excluding hydrogens is 531 g/mol. The number of carbonyl (C=O) groups excluding carboxylic acids is 3. The molecule has 1 N–H and O–H groups in total. The largest absolute Gasteiger partial charge is 0.322 e. The first kappa shape index (κ1) is 27.5. The van der Waals surface area contributed by atoms with Gasteiger partial charge in [0, 0.05) is 56.8 Å². The second kappa shape index (κ2) is 10.4. The first-order chi connectivity index (χ1) is 20.1. The maximum Gasteiger partial charge on any atom is 0.255 e. The Bertz CT molecular complexity index is 1480. The van der Waals surface area contributed by atoms with Crippen LogP contribution in [0.3, 0.4) is 0 Å². The Balaban J connectivity index is 1.01. The monoisotopic (exact) mass is 570 g/mol. The highest BCUT2D eigenvalue weighted by Gasteiger charge is 2.44. The number of piperazine rings is 1. The van der Waals surface area contributed by atoms with Crippen LogP contribution in [-0.2, 0) is 22.7 Å². The Kier molecular flexibility index (Phi) is 6.82. The van der Waals surface area contributed by atoms with Crippen LogP contribution in [0.2, 0.25) is 0 Å². The summed E-state index contributed by atoms with van der Waals surface area (Å²) in [5, 5.41) is 2.38. The predicted octanol–water partition coefficient (Wildman–Crippen LogP) is 4.51. The lowest BCUT2D eigenvalue weighted by Gasteiger charge is -2.38. The Morgan fingerprint density at radius 2 is 1.69 bits per heavy atom. The van der Waals surface area contributed by atoms with Crippen LogP contribution in [0.25, 0.3) is 5.57 Å². The van der Waals surface area contributed by atoms with Crippen LogP contribution < -0.4 is 5.32 Å². The molecule has 4 heterocycles. The lowest BCUT2D eigenvalue weighted by atomic mass is 9.72. The van der Waals surface area contributed by atoms with Crippen LogP contribution >= 0.6 is 0 Å².